The number of nitriles is 1. The molecule has 18 heavy (non-hydrogen) atoms. The smallest absolute Gasteiger partial charge is 0.383 e. The second-order valence-corrected chi connectivity index (χ2v) is 3.94. The van der Waals surface area contributed by atoms with E-state index in [2.05, 4.69) is 10.6 Å². The van der Waals surface area contributed by atoms with E-state index in [1.165, 1.54) is 12.1 Å². The van der Waals surface area contributed by atoms with E-state index >= 15 is 0 Å². The third-order valence-electron chi connectivity index (χ3n) is 2.55. The molecule has 0 bridgehead atoms. The van der Waals surface area contributed by atoms with Crippen LogP contribution < -0.4 is 10.6 Å². The normalized spacial score (nSPS) is 12.9. The van der Waals surface area contributed by atoms with Gasteiger partial charge in [0.25, 0.3) is 0 Å². The fourth-order valence-corrected chi connectivity index (χ4v) is 1.37. The summed E-state index contributed by atoms with van der Waals surface area (Å²) in [4.78, 5) is 0. The standard InChI is InChI=1S/C12H14F3N3/c1-8(17-2)7-18-10-3-4-11(12(13,14)15)9(5-10)6-16/h3-5,8,17-18H,7H2,1-2H3. The summed E-state index contributed by atoms with van der Waals surface area (Å²) in [7, 11) is 1.79. The lowest BCUT2D eigenvalue weighted by Crippen LogP contribution is -2.29. The molecule has 1 aromatic carbocycles. The molecule has 6 heteroatoms. The van der Waals surface area contributed by atoms with E-state index in [9.17, 15) is 13.2 Å². The molecule has 0 aliphatic rings. The molecule has 0 aromatic heterocycles. The quantitative estimate of drug-likeness (QED) is 0.871. The lowest BCUT2D eigenvalue weighted by atomic mass is 10.1. The largest absolute Gasteiger partial charge is 0.417 e. The molecule has 0 radical (unpaired) electrons. The Balaban J connectivity index is 2.90. The van der Waals surface area contributed by atoms with Crippen LogP contribution in [0.3, 0.4) is 0 Å². The second-order valence-electron chi connectivity index (χ2n) is 3.94. The molecule has 3 nitrogen and oxygen atoms in total. The van der Waals surface area contributed by atoms with E-state index in [0.29, 0.717) is 12.2 Å². The summed E-state index contributed by atoms with van der Waals surface area (Å²) in [5.74, 6) is 0. The van der Waals surface area contributed by atoms with Gasteiger partial charge in [-0.2, -0.15) is 18.4 Å². The number of nitrogens with zero attached hydrogens (tertiary/aromatic N) is 1. The van der Waals surface area contributed by atoms with Crippen molar-refractivity contribution in [3.8, 4) is 6.07 Å². The summed E-state index contributed by atoms with van der Waals surface area (Å²) >= 11 is 0. The van der Waals surface area contributed by atoms with Crippen molar-refractivity contribution in [2.45, 2.75) is 19.1 Å². The Bertz CT molecular complexity index is 449. The number of anilines is 1. The van der Waals surface area contributed by atoms with Crippen LogP contribution in [0.25, 0.3) is 0 Å². The maximum Gasteiger partial charge on any atom is 0.417 e. The number of likely N-dealkylation sites (N-methyl/N-ethyl adjacent to an activating group) is 1. The Hall–Kier alpha value is -1.74. The molecule has 0 saturated heterocycles. The van der Waals surface area contributed by atoms with Crippen LogP contribution in [-0.2, 0) is 6.18 Å². The van der Waals surface area contributed by atoms with Gasteiger partial charge in [-0.25, -0.2) is 0 Å². The first-order valence-electron chi connectivity index (χ1n) is 5.41. The number of benzene rings is 1. The minimum atomic E-state index is -4.50. The van der Waals surface area contributed by atoms with Crippen molar-refractivity contribution in [1.29, 1.82) is 5.26 Å². The van der Waals surface area contributed by atoms with E-state index in [0.717, 1.165) is 6.07 Å². The van der Waals surface area contributed by atoms with Crippen LogP contribution >= 0.6 is 0 Å². The van der Waals surface area contributed by atoms with E-state index < -0.39 is 11.7 Å². The summed E-state index contributed by atoms with van der Waals surface area (Å²) in [6.45, 7) is 2.50. The van der Waals surface area contributed by atoms with Crippen molar-refractivity contribution < 1.29 is 13.2 Å². The summed E-state index contributed by atoms with van der Waals surface area (Å²) in [6.07, 6.45) is -4.50. The number of halogens is 3. The minimum absolute atomic E-state index is 0.179. The molecule has 98 valence electrons. The molecule has 1 unspecified atom stereocenters. The maximum absolute atomic E-state index is 12.6. The average Bonchev–Trinajstić information content (AvgIpc) is 2.34. The first kappa shape index (κ1) is 14.3. The molecule has 0 aliphatic heterocycles. The lowest BCUT2D eigenvalue weighted by molar-refractivity contribution is -0.137. The molecule has 0 amide bonds. The van der Waals surface area contributed by atoms with Gasteiger partial charge in [0.15, 0.2) is 0 Å². The van der Waals surface area contributed by atoms with Crippen molar-refractivity contribution >= 4 is 5.69 Å². The van der Waals surface area contributed by atoms with Crippen LogP contribution in [0.4, 0.5) is 18.9 Å². The van der Waals surface area contributed by atoms with Crippen molar-refractivity contribution in [3.05, 3.63) is 29.3 Å². The Morgan fingerprint density at radius 2 is 2.06 bits per heavy atom. The topological polar surface area (TPSA) is 47.8 Å². The molecule has 0 spiro atoms. The molecular weight excluding hydrogens is 243 g/mol. The molecular formula is C12H14F3N3. The molecule has 0 aliphatic carbocycles. The first-order valence-corrected chi connectivity index (χ1v) is 5.41. The number of rotatable bonds is 4. The van der Waals surface area contributed by atoms with Crippen LogP contribution in [-0.4, -0.2) is 19.6 Å². The van der Waals surface area contributed by atoms with Crippen LogP contribution in [0, 0.1) is 11.3 Å². The summed E-state index contributed by atoms with van der Waals surface area (Å²) in [5.41, 5.74) is -0.775. The number of nitrogens with one attached hydrogen (secondary N) is 2. The van der Waals surface area contributed by atoms with E-state index in [1.807, 2.05) is 6.92 Å². The van der Waals surface area contributed by atoms with Crippen LogP contribution in [0.2, 0.25) is 0 Å². The lowest BCUT2D eigenvalue weighted by Gasteiger charge is -2.14. The third kappa shape index (κ3) is 3.64. The fourth-order valence-electron chi connectivity index (χ4n) is 1.37. The highest BCUT2D eigenvalue weighted by Gasteiger charge is 2.33. The van der Waals surface area contributed by atoms with E-state index in [1.54, 1.807) is 13.1 Å². The predicted octanol–water partition coefficient (Wildman–Crippen LogP) is 2.60. The van der Waals surface area contributed by atoms with Gasteiger partial charge >= 0.3 is 6.18 Å². The predicted molar refractivity (Wildman–Crippen MR) is 63.2 cm³/mol. The van der Waals surface area contributed by atoms with E-state index in [4.69, 9.17) is 5.26 Å². The molecule has 1 rings (SSSR count). The van der Waals surface area contributed by atoms with Gasteiger partial charge in [0.05, 0.1) is 17.2 Å². The van der Waals surface area contributed by atoms with Crippen molar-refractivity contribution in [2.75, 3.05) is 18.9 Å². The molecule has 1 atom stereocenters. The number of alkyl halides is 3. The molecule has 0 saturated carbocycles. The van der Waals surface area contributed by atoms with Gasteiger partial charge in [0.1, 0.15) is 0 Å². The van der Waals surface area contributed by atoms with Crippen molar-refractivity contribution in [3.63, 3.8) is 0 Å². The molecule has 0 fully saturated rings. The monoisotopic (exact) mass is 257 g/mol. The van der Waals surface area contributed by atoms with Crippen LogP contribution in [0.1, 0.15) is 18.1 Å². The highest BCUT2D eigenvalue weighted by atomic mass is 19.4. The first-order chi connectivity index (χ1) is 8.38. The Morgan fingerprint density at radius 3 is 2.56 bits per heavy atom. The number of hydrogen-bond acceptors (Lipinski definition) is 3. The molecule has 2 N–H and O–H groups in total. The highest BCUT2D eigenvalue weighted by Crippen LogP contribution is 2.32. The van der Waals surface area contributed by atoms with Gasteiger partial charge in [-0.3, -0.25) is 0 Å². The van der Waals surface area contributed by atoms with Gasteiger partial charge in [0.2, 0.25) is 0 Å². The summed E-state index contributed by atoms with van der Waals surface area (Å²) in [6, 6.07) is 5.21. The fraction of sp³-hybridized carbons (Fsp3) is 0.417. The zero-order valence-electron chi connectivity index (χ0n) is 10.1. The van der Waals surface area contributed by atoms with Gasteiger partial charge in [-0.15, -0.1) is 0 Å². The number of hydrogen-bond donors (Lipinski definition) is 2. The summed E-state index contributed by atoms with van der Waals surface area (Å²) < 4.78 is 37.7. The SMILES string of the molecule is CNC(C)CNc1ccc(C(F)(F)F)c(C#N)c1. The average molecular weight is 257 g/mol. The molecule has 0 heterocycles. The van der Waals surface area contributed by atoms with Gasteiger partial charge in [0, 0.05) is 18.3 Å². The van der Waals surface area contributed by atoms with Crippen LogP contribution in [0.15, 0.2) is 18.2 Å². The zero-order chi connectivity index (χ0) is 13.8. The maximum atomic E-state index is 12.6. The Kier molecular flexibility index (Phi) is 4.56. The van der Waals surface area contributed by atoms with Gasteiger partial charge < -0.3 is 10.6 Å². The minimum Gasteiger partial charge on any atom is -0.383 e. The van der Waals surface area contributed by atoms with Crippen LogP contribution in [0.5, 0.6) is 0 Å². The Morgan fingerprint density at radius 1 is 1.39 bits per heavy atom. The Labute approximate surface area is 104 Å². The van der Waals surface area contributed by atoms with Gasteiger partial charge in [-0.1, -0.05) is 0 Å². The van der Waals surface area contributed by atoms with E-state index in [-0.39, 0.29) is 11.6 Å². The highest BCUT2D eigenvalue weighted by molar-refractivity contribution is 5.53. The molecule has 1 aromatic rings. The third-order valence-corrected chi connectivity index (χ3v) is 2.55. The van der Waals surface area contributed by atoms with Gasteiger partial charge in [-0.05, 0) is 32.2 Å². The summed E-state index contributed by atoms with van der Waals surface area (Å²) in [5, 5.41) is 14.7. The second kappa shape index (κ2) is 5.74. The zero-order valence-corrected chi connectivity index (χ0v) is 10.1. The van der Waals surface area contributed by atoms with Crippen molar-refractivity contribution in [1.82, 2.24) is 5.32 Å². The van der Waals surface area contributed by atoms with Crippen molar-refractivity contribution in [2.24, 2.45) is 0 Å².